The van der Waals surface area contributed by atoms with E-state index in [0.717, 1.165) is 42.6 Å². The summed E-state index contributed by atoms with van der Waals surface area (Å²) in [4.78, 5) is 0. The second-order valence-corrected chi connectivity index (χ2v) is 6.02. The minimum absolute atomic E-state index is 0.102. The Morgan fingerprint density at radius 2 is 2.05 bits per heavy atom. The zero-order chi connectivity index (χ0) is 15.5. The van der Waals surface area contributed by atoms with Crippen LogP contribution in [0.1, 0.15) is 37.3 Å². The molecule has 1 aliphatic heterocycles. The van der Waals surface area contributed by atoms with Gasteiger partial charge in [0.05, 0.1) is 13.2 Å². The number of hydrogen-bond acceptors (Lipinski definition) is 4. The molecule has 0 aromatic heterocycles. The van der Waals surface area contributed by atoms with Crippen molar-refractivity contribution in [1.29, 1.82) is 0 Å². The number of allylic oxidation sites excluding steroid dienone is 1. The maximum atomic E-state index is 9.65. The third-order valence-electron chi connectivity index (χ3n) is 4.12. The molecule has 1 aromatic rings. The SMILES string of the molecule is Cc1cc(O)cc2c1O[C@](C)(CCC=C(CO)CO)CC2. The molecule has 1 atom stereocenters. The Hall–Kier alpha value is -1.52. The third kappa shape index (κ3) is 3.77. The Labute approximate surface area is 125 Å². The van der Waals surface area contributed by atoms with E-state index in [1.54, 1.807) is 12.1 Å². The molecule has 0 saturated carbocycles. The first-order chi connectivity index (χ1) is 9.97. The molecule has 3 N–H and O–H groups in total. The van der Waals surface area contributed by atoms with Gasteiger partial charge in [-0.25, -0.2) is 0 Å². The van der Waals surface area contributed by atoms with Gasteiger partial charge in [-0.2, -0.15) is 0 Å². The number of hydrogen-bond donors (Lipinski definition) is 3. The standard InChI is InChI=1S/C17H24O4/c1-12-8-15(20)9-14-5-7-17(2,21-16(12)14)6-3-4-13(10-18)11-19/h4,8-9,18-20H,3,5-7,10-11H2,1-2H3/t17-/m1/s1. The van der Waals surface area contributed by atoms with Crippen LogP contribution in [0.15, 0.2) is 23.8 Å². The molecule has 0 bridgehead atoms. The quantitative estimate of drug-likeness (QED) is 0.729. The van der Waals surface area contributed by atoms with E-state index in [1.807, 2.05) is 13.0 Å². The molecule has 2 rings (SSSR count). The number of aliphatic hydroxyl groups excluding tert-OH is 2. The van der Waals surface area contributed by atoms with E-state index in [9.17, 15) is 5.11 Å². The van der Waals surface area contributed by atoms with Crippen molar-refractivity contribution in [3.63, 3.8) is 0 Å². The summed E-state index contributed by atoms with van der Waals surface area (Å²) >= 11 is 0. The van der Waals surface area contributed by atoms with Gasteiger partial charge < -0.3 is 20.1 Å². The van der Waals surface area contributed by atoms with Gasteiger partial charge in [-0.15, -0.1) is 0 Å². The summed E-state index contributed by atoms with van der Waals surface area (Å²) in [6.45, 7) is 3.83. The van der Waals surface area contributed by atoms with E-state index in [0.29, 0.717) is 5.57 Å². The van der Waals surface area contributed by atoms with Crippen LogP contribution >= 0.6 is 0 Å². The van der Waals surface area contributed by atoms with Crippen LogP contribution in [-0.2, 0) is 6.42 Å². The van der Waals surface area contributed by atoms with Gasteiger partial charge in [0.15, 0.2) is 0 Å². The predicted octanol–water partition coefficient (Wildman–Crippen LogP) is 2.48. The van der Waals surface area contributed by atoms with Crippen LogP contribution in [0.25, 0.3) is 0 Å². The summed E-state index contributed by atoms with van der Waals surface area (Å²) < 4.78 is 6.19. The highest BCUT2D eigenvalue weighted by atomic mass is 16.5. The van der Waals surface area contributed by atoms with E-state index < -0.39 is 0 Å². The number of aliphatic hydroxyl groups is 2. The Morgan fingerprint density at radius 3 is 2.71 bits per heavy atom. The molecule has 1 aliphatic rings. The van der Waals surface area contributed by atoms with Crippen LogP contribution in [-0.4, -0.2) is 34.1 Å². The van der Waals surface area contributed by atoms with Crippen molar-refractivity contribution in [3.05, 3.63) is 34.9 Å². The average Bonchev–Trinajstić information content (AvgIpc) is 2.45. The molecular formula is C17H24O4. The minimum Gasteiger partial charge on any atom is -0.508 e. The first kappa shape index (κ1) is 15.9. The van der Waals surface area contributed by atoms with Crippen molar-refractivity contribution >= 4 is 0 Å². The first-order valence-corrected chi connectivity index (χ1v) is 7.38. The molecule has 1 heterocycles. The van der Waals surface area contributed by atoms with Gasteiger partial charge in [0.1, 0.15) is 17.1 Å². The minimum atomic E-state index is -0.249. The molecule has 0 saturated heterocycles. The summed E-state index contributed by atoms with van der Waals surface area (Å²) in [5.74, 6) is 1.17. The maximum absolute atomic E-state index is 9.65. The first-order valence-electron chi connectivity index (χ1n) is 7.38. The highest BCUT2D eigenvalue weighted by Gasteiger charge is 2.31. The largest absolute Gasteiger partial charge is 0.508 e. The fraction of sp³-hybridized carbons (Fsp3) is 0.529. The molecule has 0 spiro atoms. The molecule has 4 heteroatoms. The van der Waals surface area contributed by atoms with Crippen molar-refractivity contribution in [2.24, 2.45) is 0 Å². The van der Waals surface area contributed by atoms with Crippen molar-refractivity contribution in [2.75, 3.05) is 13.2 Å². The summed E-state index contributed by atoms with van der Waals surface area (Å²) in [5.41, 5.74) is 2.42. The van der Waals surface area contributed by atoms with Gasteiger partial charge in [-0.05, 0) is 68.4 Å². The zero-order valence-electron chi connectivity index (χ0n) is 12.7. The molecule has 0 radical (unpaired) electrons. The number of ether oxygens (including phenoxy) is 1. The second-order valence-electron chi connectivity index (χ2n) is 6.02. The van der Waals surface area contributed by atoms with Gasteiger partial charge in [0.25, 0.3) is 0 Å². The van der Waals surface area contributed by atoms with Gasteiger partial charge in [-0.3, -0.25) is 0 Å². The summed E-state index contributed by atoms with van der Waals surface area (Å²) in [6.07, 6.45) is 5.26. The van der Waals surface area contributed by atoms with Crippen LogP contribution in [0.2, 0.25) is 0 Å². The Kier molecular flexibility index (Phi) is 4.91. The summed E-state index contributed by atoms with van der Waals surface area (Å²) in [7, 11) is 0. The van der Waals surface area contributed by atoms with E-state index in [2.05, 4.69) is 6.92 Å². The van der Waals surface area contributed by atoms with Crippen molar-refractivity contribution in [2.45, 2.75) is 45.1 Å². The van der Waals surface area contributed by atoms with Crippen LogP contribution < -0.4 is 4.74 Å². The van der Waals surface area contributed by atoms with Crippen LogP contribution in [0, 0.1) is 6.92 Å². The van der Waals surface area contributed by atoms with Gasteiger partial charge in [0, 0.05) is 0 Å². The molecule has 1 aromatic carbocycles. The molecular weight excluding hydrogens is 268 g/mol. The van der Waals surface area contributed by atoms with E-state index >= 15 is 0 Å². The fourth-order valence-electron chi connectivity index (χ4n) is 2.79. The molecule has 0 aliphatic carbocycles. The van der Waals surface area contributed by atoms with Crippen molar-refractivity contribution < 1.29 is 20.1 Å². The molecule has 116 valence electrons. The lowest BCUT2D eigenvalue weighted by atomic mass is 9.87. The van der Waals surface area contributed by atoms with E-state index in [1.165, 1.54) is 0 Å². The van der Waals surface area contributed by atoms with E-state index in [-0.39, 0.29) is 24.6 Å². The van der Waals surface area contributed by atoms with Crippen LogP contribution in [0.5, 0.6) is 11.5 Å². The highest BCUT2D eigenvalue weighted by Crippen LogP contribution is 2.39. The number of benzene rings is 1. The van der Waals surface area contributed by atoms with Crippen molar-refractivity contribution in [1.82, 2.24) is 0 Å². The van der Waals surface area contributed by atoms with Gasteiger partial charge in [0.2, 0.25) is 0 Å². The normalized spacial score (nSPS) is 20.6. The molecule has 0 fully saturated rings. The zero-order valence-corrected chi connectivity index (χ0v) is 12.7. The Morgan fingerprint density at radius 1 is 1.33 bits per heavy atom. The molecule has 0 amide bonds. The lowest BCUT2D eigenvalue weighted by Crippen LogP contribution is -2.36. The van der Waals surface area contributed by atoms with Crippen LogP contribution in [0.3, 0.4) is 0 Å². The molecule has 0 unspecified atom stereocenters. The molecule has 4 nitrogen and oxygen atoms in total. The number of rotatable bonds is 5. The number of aromatic hydroxyl groups is 1. The molecule has 21 heavy (non-hydrogen) atoms. The Bertz CT molecular complexity index is 530. The monoisotopic (exact) mass is 292 g/mol. The third-order valence-corrected chi connectivity index (χ3v) is 4.12. The number of phenolic OH excluding ortho intramolecular Hbond substituents is 1. The van der Waals surface area contributed by atoms with Gasteiger partial charge in [-0.1, -0.05) is 6.08 Å². The van der Waals surface area contributed by atoms with Crippen LogP contribution in [0.4, 0.5) is 0 Å². The summed E-state index contributed by atoms with van der Waals surface area (Å²) in [6, 6.07) is 3.50. The summed E-state index contributed by atoms with van der Waals surface area (Å²) in [5, 5.41) is 27.7. The number of phenols is 1. The number of fused-ring (bicyclic) bond motifs is 1. The second kappa shape index (κ2) is 6.50. The maximum Gasteiger partial charge on any atom is 0.126 e. The average molecular weight is 292 g/mol. The smallest absolute Gasteiger partial charge is 0.126 e. The topological polar surface area (TPSA) is 69.9 Å². The van der Waals surface area contributed by atoms with Crippen molar-refractivity contribution in [3.8, 4) is 11.5 Å². The lowest BCUT2D eigenvalue weighted by Gasteiger charge is -2.36. The van der Waals surface area contributed by atoms with E-state index in [4.69, 9.17) is 14.9 Å². The Balaban J connectivity index is 2.07. The highest BCUT2D eigenvalue weighted by molar-refractivity contribution is 5.47. The predicted molar refractivity (Wildman–Crippen MR) is 81.7 cm³/mol. The van der Waals surface area contributed by atoms with Gasteiger partial charge >= 0.3 is 0 Å². The fourth-order valence-corrected chi connectivity index (χ4v) is 2.79. The number of aryl methyl sites for hydroxylation is 2. The lowest BCUT2D eigenvalue weighted by molar-refractivity contribution is 0.0560.